The van der Waals surface area contributed by atoms with Crippen LogP contribution in [0.5, 0.6) is 0 Å². The number of hydrogen-bond donors (Lipinski definition) is 0. The van der Waals surface area contributed by atoms with E-state index in [1.165, 1.54) is 11.5 Å². The molecule has 57 valence electrons. The van der Waals surface area contributed by atoms with Crippen molar-refractivity contribution < 1.29 is 17.9 Å². The Hall–Kier alpha value is -0.200. The molecule has 0 aromatic carbocycles. The molecule has 1 rings (SSSR count). The largest absolute Gasteiger partial charge is 0.524 e. The van der Waals surface area contributed by atoms with E-state index in [2.05, 4.69) is 9.46 Å². The van der Waals surface area contributed by atoms with Crippen LogP contribution in [0, 0.1) is 0 Å². The van der Waals surface area contributed by atoms with E-state index < -0.39 is 12.6 Å². The second kappa shape index (κ2) is 2.81. The first-order valence-corrected chi connectivity index (χ1v) is 3.19. The van der Waals surface area contributed by atoms with Gasteiger partial charge in [0.05, 0.1) is 0 Å². The Morgan fingerprint density at radius 2 is 2.20 bits per heavy atom. The van der Waals surface area contributed by atoms with E-state index in [0.717, 1.165) is 11.9 Å². The van der Waals surface area contributed by atoms with Crippen LogP contribution < -0.4 is 4.72 Å². The Labute approximate surface area is 59.6 Å². The molecule has 2 nitrogen and oxygen atoms in total. The number of alkyl halides is 3. The topological polar surface area (TPSA) is 23.3 Å². The van der Waals surface area contributed by atoms with Gasteiger partial charge in [-0.1, -0.05) is 0 Å². The van der Waals surface area contributed by atoms with Crippen molar-refractivity contribution in [2.24, 2.45) is 0 Å². The van der Waals surface area contributed by atoms with Crippen LogP contribution in [0.2, 0.25) is 0 Å². The molecular formula is C4H3F3NOS. The summed E-state index contributed by atoms with van der Waals surface area (Å²) < 4.78 is 41.1. The van der Waals surface area contributed by atoms with Crippen molar-refractivity contribution in [2.75, 3.05) is 0 Å². The van der Waals surface area contributed by atoms with E-state index in [4.69, 9.17) is 0 Å². The summed E-state index contributed by atoms with van der Waals surface area (Å²) in [5.41, 5.74) is 0. The second-order valence-corrected chi connectivity index (χ2v) is 2.19. The zero-order chi connectivity index (χ0) is 7.61. The van der Waals surface area contributed by atoms with E-state index >= 15 is 0 Å². The average Bonchev–Trinajstić information content (AvgIpc) is 2.12. The summed E-state index contributed by atoms with van der Waals surface area (Å²) in [7, 11) is 0. The fourth-order valence-corrected chi connectivity index (χ4v) is 0.939. The zero-order valence-corrected chi connectivity index (χ0v) is 5.45. The molecule has 0 saturated heterocycles. The molecule has 10 heavy (non-hydrogen) atoms. The van der Waals surface area contributed by atoms with E-state index in [1.54, 1.807) is 0 Å². The molecule has 1 heterocycles. The van der Waals surface area contributed by atoms with Gasteiger partial charge in [0.15, 0.2) is 6.23 Å². The van der Waals surface area contributed by atoms with Crippen LogP contribution in [-0.2, 0) is 4.74 Å². The molecule has 1 radical (unpaired) electrons. The number of nitrogens with zero attached hydrogens (tertiary/aromatic N) is 1. The van der Waals surface area contributed by atoms with E-state index in [1.807, 2.05) is 0 Å². The van der Waals surface area contributed by atoms with Crippen LogP contribution in [0.15, 0.2) is 11.5 Å². The van der Waals surface area contributed by atoms with Gasteiger partial charge in [-0.3, -0.25) is 4.74 Å². The predicted octanol–water partition coefficient (Wildman–Crippen LogP) is 1.63. The molecule has 0 spiro atoms. The van der Waals surface area contributed by atoms with Gasteiger partial charge in [-0.05, 0) is 23.4 Å². The molecule has 1 atom stereocenters. The minimum atomic E-state index is -4.59. The average molecular weight is 170 g/mol. The Morgan fingerprint density at radius 3 is 2.60 bits per heavy atom. The molecule has 0 saturated carbocycles. The first-order chi connectivity index (χ1) is 4.58. The van der Waals surface area contributed by atoms with Crippen LogP contribution in [0.25, 0.3) is 0 Å². The number of hydrogen-bond acceptors (Lipinski definition) is 2. The fraction of sp³-hybridized carbons (Fsp3) is 0.500. The number of rotatable bonds is 1. The maximum atomic E-state index is 11.4. The first kappa shape index (κ1) is 7.90. The maximum absolute atomic E-state index is 11.4. The third-order valence-corrected chi connectivity index (χ3v) is 1.33. The molecule has 0 amide bonds. The van der Waals surface area contributed by atoms with E-state index in [0.29, 0.717) is 0 Å². The van der Waals surface area contributed by atoms with Crippen molar-refractivity contribution in [3.8, 4) is 0 Å². The Morgan fingerprint density at radius 1 is 1.50 bits per heavy atom. The van der Waals surface area contributed by atoms with Crippen molar-refractivity contribution in [1.82, 2.24) is 4.72 Å². The summed E-state index contributed by atoms with van der Waals surface area (Å²) in [6.45, 7) is 0. The fourth-order valence-electron chi connectivity index (χ4n) is 0.430. The summed E-state index contributed by atoms with van der Waals surface area (Å²) in [6, 6.07) is 0. The molecule has 0 bridgehead atoms. The highest BCUT2D eigenvalue weighted by Gasteiger charge is 2.33. The molecule has 0 aliphatic carbocycles. The van der Waals surface area contributed by atoms with Crippen LogP contribution >= 0.6 is 11.9 Å². The number of halogens is 3. The normalized spacial score (nSPS) is 25.7. The molecule has 1 unspecified atom stereocenters. The summed E-state index contributed by atoms with van der Waals surface area (Å²) in [5.74, 6) is 0. The Kier molecular flexibility index (Phi) is 2.22. The Balaban J connectivity index is 2.31. The molecule has 1 aliphatic heterocycles. The van der Waals surface area contributed by atoms with Gasteiger partial charge in [0.1, 0.15) is 0 Å². The third kappa shape index (κ3) is 2.59. The van der Waals surface area contributed by atoms with Crippen molar-refractivity contribution >= 4 is 11.9 Å². The van der Waals surface area contributed by atoms with Gasteiger partial charge >= 0.3 is 6.36 Å². The standard InChI is InChI=1S/C4H3F3NOS/c5-4(6,7)9-3-1-2-10-8-3/h1-3H. The molecular weight excluding hydrogens is 167 g/mol. The van der Waals surface area contributed by atoms with Gasteiger partial charge in [0.25, 0.3) is 0 Å². The third-order valence-electron chi connectivity index (χ3n) is 0.723. The van der Waals surface area contributed by atoms with Crippen LogP contribution in [-0.4, -0.2) is 12.6 Å². The van der Waals surface area contributed by atoms with Gasteiger partial charge in [-0.15, -0.1) is 17.9 Å². The number of ether oxygens (including phenoxy) is 1. The molecule has 0 N–H and O–H groups in total. The minimum Gasteiger partial charge on any atom is -0.267 e. The predicted molar refractivity (Wildman–Crippen MR) is 29.8 cm³/mol. The van der Waals surface area contributed by atoms with Crippen molar-refractivity contribution in [3.05, 3.63) is 11.5 Å². The summed E-state index contributed by atoms with van der Waals surface area (Å²) in [5, 5.41) is 1.44. The highest BCUT2D eigenvalue weighted by atomic mass is 32.2. The summed E-state index contributed by atoms with van der Waals surface area (Å²) in [4.78, 5) is 0. The maximum Gasteiger partial charge on any atom is 0.524 e. The lowest BCUT2D eigenvalue weighted by Crippen LogP contribution is -2.25. The molecule has 6 heteroatoms. The lowest BCUT2D eigenvalue weighted by molar-refractivity contribution is -0.337. The highest BCUT2D eigenvalue weighted by molar-refractivity contribution is 8.00. The van der Waals surface area contributed by atoms with Crippen LogP contribution in [0.3, 0.4) is 0 Å². The second-order valence-electron chi connectivity index (χ2n) is 1.49. The lowest BCUT2D eigenvalue weighted by Gasteiger charge is -2.10. The SMILES string of the molecule is FC(F)(F)OC1C=CS[N]1. The van der Waals surface area contributed by atoms with E-state index in [-0.39, 0.29) is 0 Å². The summed E-state index contributed by atoms with van der Waals surface area (Å²) in [6.07, 6.45) is -4.52. The molecule has 0 aromatic heterocycles. The monoisotopic (exact) mass is 170 g/mol. The Bertz CT molecular complexity index is 146. The smallest absolute Gasteiger partial charge is 0.267 e. The van der Waals surface area contributed by atoms with Gasteiger partial charge in [-0.2, -0.15) is 0 Å². The zero-order valence-electron chi connectivity index (χ0n) is 4.63. The van der Waals surface area contributed by atoms with E-state index in [9.17, 15) is 13.2 Å². The summed E-state index contributed by atoms with van der Waals surface area (Å²) >= 11 is 0.942. The molecule has 1 aliphatic rings. The highest BCUT2D eigenvalue weighted by Crippen LogP contribution is 2.23. The van der Waals surface area contributed by atoms with Crippen molar-refractivity contribution in [3.63, 3.8) is 0 Å². The molecule has 0 aromatic rings. The minimum absolute atomic E-state index is 0.942. The van der Waals surface area contributed by atoms with Crippen LogP contribution in [0.4, 0.5) is 13.2 Å². The molecule has 0 fully saturated rings. The van der Waals surface area contributed by atoms with Crippen molar-refractivity contribution in [2.45, 2.75) is 12.6 Å². The van der Waals surface area contributed by atoms with Gasteiger partial charge in [0, 0.05) is 0 Å². The lowest BCUT2D eigenvalue weighted by atomic mass is 10.6. The van der Waals surface area contributed by atoms with Crippen molar-refractivity contribution in [1.29, 1.82) is 0 Å². The van der Waals surface area contributed by atoms with Gasteiger partial charge in [-0.25, -0.2) is 0 Å². The quantitative estimate of drug-likeness (QED) is 0.558. The van der Waals surface area contributed by atoms with Gasteiger partial charge < -0.3 is 0 Å². The van der Waals surface area contributed by atoms with Gasteiger partial charge in [0.2, 0.25) is 0 Å². The van der Waals surface area contributed by atoms with Crippen LogP contribution in [0.1, 0.15) is 0 Å². The first-order valence-electron chi connectivity index (χ1n) is 2.35.